The molecule has 0 aliphatic heterocycles. The van der Waals surface area contributed by atoms with E-state index in [1.807, 2.05) is 30.3 Å². The SMILES string of the molecule is COc1ccc(C(=O)NCC(=O)Nc2ccc3c(c2)Cc2ccccc2-3)cc1[N+](=O)[O-]. The molecule has 156 valence electrons. The first-order valence-corrected chi connectivity index (χ1v) is 9.58. The Morgan fingerprint density at radius 1 is 1.03 bits per heavy atom. The van der Waals surface area contributed by atoms with Crippen LogP contribution in [0.25, 0.3) is 11.1 Å². The van der Waals surface area contributed by atoms with Gasteiger partial charge in [0.25, 0.3) is 5.91 Å². The zero-order valence-corrected chi connectivity index (χ0v) is 16.7. The van der Waals surface area contributed by atoms with E-state index in [2.05, 4.69) is 22.8 Å². The van der Waals surface area contributed by atoms with Crippen molar-refractivity contribution < 1.29 is 19.2 Å². The maximum Gasteiger partial charge on any atom is 0.311 e. The van der Waals surface area contributed by atoms with Gasteiger partial charge in [-0.3, -0.25) is 19.7 Å². The van der Waals surface area contributed by atoms with Crippen LogP contribution in [0.3, 0.4) is 0 Å². The van der Waals surface area contributed by atoms with Gasteiger partial charge in [0.2, 0.25) is 5.91 Å². The molecule has 0 fully saturated rings. The van der Waals surface area contributed by atoms with Gasteiger partial charge >= 0.3 is 5.69 Å². The first-order valence-electron chi connectivity index (χ1n) is 9.58. The number of hydrogen-bond acceptors (Lipinski definition) is 5. The van der Waals surface area contributed by atoms with Crippen LogP contribution in [0.5, 0.6) is 5.75 Å². The summed E-state index contributed by atoms with van der Waals surface area (Å²) >= 11 is 0. The van der Waals surface area contributed by atoms with E-state index < -0.39 is 16.7 Å². The minimum atomic E-state index is -0.630. The van der Waals surface area contributed by atoms with Crippen molar-refractivity contribution in [1.82, 2.24) is 5.32 Å². The molecule has 3 aromatic rings. The van der Waals surface area contributed by atoms with Gasteiger partial charge in [-0.1, -0.05) is 30.3 Å². The van der Waals surface area contributed by atoms with Crippen LogP contribution in [0.15, 0.2) is 60.7 Å². The predicted molar refractivity (Wildman–Crippen MR) is 115 cm³/mol. The van der Waals surface area contributed by atoms with Crippen LogP contribution in [0.1, 0.15) is 21.5 Å². The number of fused-ring (bicyclic) bond motifs is 3. The highest BCUT2D eigenvalue weighted by atomic mass is 16.6. The summed E-state index contributed by atoms with van der Waals surface area (Å²) in [5.41, 5.74) is 5.13. The molecular weight excluding hydrogens is 398 g/mol. The Hall–Kier alpha value is -4.20. The molecule has 2 amide bonds. The number of amides is 2. The number of nitro benzene ring substituents is 1. The molecule has 0 saturated heterocycles. The second-order valence-electron chi connectivity index (χ2n) is 7.08. The first-order chi connectivity index (χ1) is 15.0. The lowest BCUT2D eigenvalue weighted by Gasteiger charge is -2.09. The standard InChI is InChI=1S/C23H19N3O5/c1-31-21-9-6-15(12-20(21)26(29)30)23(28)24-13-22(27)25-17-7-8-19-16(11-17)10-14-4-2-3-5-18(14)19/h2-9,11-12H,10,13H2,1H3,(H,24,28)(H,25,27). The lowest BCUT2D eigenvalue weighted by Crippen LogP contribution is -2.32. The summed E-state index contributed by atoms with van der Waals surface area (Å²) < 4.78 is 4.92. The fraction of sp³-hybridized carbons (Fsp3) is 0.130. The van der Waals surface area contributed by atoms with Crippen LogP contribution in [-0.2, 0) is 11.2 Å². The zero-order chi connectivity index (χ0) is 22.0. The van der Waals surface area contributed by atoms with Crippen LogP contribution in [0.4, 0.5) is 11.4 Å². The van der Waals surface area contributed by atoms with Gasteiger partial charge in [0, 0.05) is 17.3 Å². The number of nitrogens with one attached hydrogen (secondary N) is 2. The minimum Gasteiger partial charge on any atom is -0.490 e. The number of rotatable bonds is 6. The number of nitro groups is 1. The third-order valence-corrected chi connectivity index (χ3v) is 5.12. The molecule has 3 aromatic carbocycles. The summed E-state index contributed by atoms with van der Waals surface area (Å²) in [6.07, 6.45) is 0.808. The number of hydrogen-bond donors (Lipinski definition) is 2. The number of methoxy groups -OCH3 is 1. The Balaban J connectivity index is 1.38. The second-order valence-corrected chi connectivity index (χ2v) is 7.08. The van der Waals surface area contributed by atoms with Gasteiger partial charge in [0.1, 0.15) is 0 Å². The number of carbonyl (C=O) groups is 2. The van der Waals surface area contributed by atoms with E-state index in [0.717, 1.165) is 23.6 Å². The van der Waals surface area contributed by atoms with Gasteiger partial charge in [0.05, 0.1) is 18.6 Å². The van der Waals surface area contributed by atoms with Crippen LogP contribution in [-0.4, -0.2) is 30.4 Å². The summed E-state index contributed by atoms with van der Waals surface area (Å²) in [6, 6.07) is 17.8. The van der Waals surface area contributed by atoms with Crippen molar-refractivity contribution in [2.45, 2.75) is 6.42 Å². The van der Waals surface area contributed by atoms with Crippen molar-refractivity contribution in [2.75, 3.05) is 19.0 Å². The molecule has 0 spiro atoms. The zero-order valence-electron chi connectivity index (χ0n) is 16.7. The third-order valence-electron chi connectivity index (χ3n) is 5.12. The van der Waals surface area contributed by atoms with Gasteiger partial charge in [-0.2, -0.15) is 0 Å². The lowest BCUT2D eigenvalue weighted by molar-refractivity contribution is -0.385. The molecular formula is C23H19N3O5. The van der Waals surface area contributed by atoms with Crippen molar-refractivity contribution in [3.05, 3.63) is 87.5 Å². The molecule has 31 heavy (non-hydrogen) atoms. The minimum absolute atomic E-state index is 0.0538. The van der Waals surface area contributed by atoms with E-state index in [4.69, 9.17) is 4.74 Å². The molecule has 0 saturated carbocycles. The topological polar surface area (TPSA) is 111 Å². The third kappa shape index (κ3) is 4.09. The van der Waals surface area contributed by atoms with Crippen molar-refractivity contribution in [1.29, 1.82) is 0 Å². The van der Waals surface area contributed by atoms with Gasteiger partial charge < -0.3 is 15.4 Å². The Labute approximate surface area is 178 Å². The fourth-order valence-corrected chi connectivity index (χ4v) is 3.66. The fourth-order valence-electron chi connectivity index (χ4n) is 3.66. The van der Waals surface area contributed by atoms with Crippen molar-refractivity contribution >= 4 is 23.2 Å². The number of nitrogens with zero attached hydrogens (tertiary/aromatic N) is 1. The average molecular weight is 417 g/mol. The number of carbonyl (C=O) groups excluding carboxylic acids is 2. The van der Waals surface area contributed by atoms with Crippen LogP contribution in [0, 0.1) is 10.1 Å². The average Bonchev–Trinajstić information content (AvgIpc) is 3.14. The molecule has 0 heterocycles. The molecule has 8 nitrogen and oxygen atoms in total. The van der Waals surface area contributed by atoms with Gasteiger partial charge in [-0.15, -0.1) is 0 Å². The maximum absolute atomic E-state index is 12.3. The van der Waals surface area contributed by atoms with Gasteiger partial charge in [-0.05, 0) is 52.9 Å². The smallest absolute Gasteiger partial charge is 0.311 e. The molecule has 8 heteroatoms. The van der Waals surface area contributed by atoms with Gasteiger partial charge in [-0.25, -0.2) is 0 Å². The number of benzene rings is 3. The molecule has 0 bridgehead atoms. The summed E-state index contributed by atoms with van der Waals surface area (Å²) in [5.74, 6) is -0.935. The van der Waals surface area contributed by atoms with Crippen LogP contribution < -0.4 is 15.4 Å². The number of anilines is 1. The molecule has 2 N–H and O–H groups in total. The Kier molecular flexibility index (Phi) is 5.36. The highest BCUT2D eigenvalue weighted by Crippen LogP contribution is 2.37. The molecule has 0 atom stereocenters. The highest BCUT2D eigenvalue weighted by molar-refractivity contribution is 6.00. The molecule has 1 aliphatic rings. The largest absolute Gasteiger partial charge is 0.490 e. The van der Waals surface area contributed by atoms with Crippen LogP contribution >= 0.6 is 0 Å². The quantitative estimate of drug-likeness (QED) is 0.368. The highest BCUT2D eigenvalue weighted by Gasteiger charge is 2.20. The predicted octanol–water partition coefficient (Wildman–Crippen LogP) is 3.54. The number of ether oxygens (including phenoxy) is 1. The molecule has 0 radical (unpaired) electrons. The van der Waals surface area contributed by atoms with Crippen molar-refractivity contribution in [2.24, 2.45) is 0 Å². The first kappa shape index (κ1) is 20.1. The van der Waals surface area contributed by atoms with Gasteiger partial charge in [0.15, 0.2) is 5.75 Å². The molecule has 0 unspecified atom stereocenters. The molecule has 1 aliphatic carbocycles. The van der Waals surface area contributed by atoms with E-state index in [0.29, 0.717) is 5.69 Å². The Morgan fingerprint density at radius 2 is 1.81 bits per heavy atom. The normalized spacial score (nSPS) is 11.3. The Bertz CT molecular complexity index is 1210. The second kappa shape index (κ2) is 8.27. The summed E-state index contributed by atoms with van der Waals surface area (Å²) in [6.45, 7) is -0.268. The van der Waals surface area contributed by atoms with E-state index in [1.54, 1.807) is 0 Å². The maximum atomic E-state index is 12.3. The molecule has 4 rings (SSSR count). The summed E-state index contributed by atoms with van der Waals surface area (Å²) in [4.78, 5) is 35.1. The Morgan fingerprint density at radius 3 is 2.58 bits per heavy atom. The van der Waals surface area contributed by atoms with E-state index >= 15 is 0 Å². The molecule has 0 aromatic heterocycles. The van der Waals surface area contributed by atoms with Crippen molar-refractivity contribution in [3.8, 4) is 16.9 Å². The van der Waals surface area contributed by atoms with E-state index in [9.17, 15) is 19.7 Å². The summed E-state index contributed by atoms with van der Waals surface area (Å²) in [5, 5.41) is 16.4. The van der Waals surface area contributed by atoms with Crippen molar-refractivity contribution in [3.63, 3.8) is 0 Å². The lowest BCUT2D eigenvalue weighted by atomic mass is 10.1. The van der Waals surface area contributed by atoms with E-state index in [-0.39, 0.29) is 23.5 Å². The van der Waals surface area contributed by atoms with E-state index in [1.165, 1.54) is 30.4 Å². The monoisotopic (exact) mass is 417 g/mol. The summed E-state index contributed by atoms with van der Waals surface area (Å²) in [7, 11) is 1.31. The van der Waals surface area contributed by atoms with Crippen LogP contribution in [0.2, 0.25) is 0 Å².